The number of nitrogens with zero attached hydrogens (tertiary/aromatic N) is 2. The first-order chi connectivity index (χ1) is 11.7. The zero-order valence-electron chi connectivity index (χ0n) is 13.7. The number of hydrogen-bond donors (Lipinski definition) is 2. The van der Waals surface area contributed by atoms with Crippen molar-refractivity contribution in [2.75, 3.05) is 0 Å². The Morgan fingerprint density at radius 2 is 1.92 bits per heavy atom. The molecule has 2 aromatic heterocycles. The lowest BCUT2D eigenvalue weighted by Crippen LogP contribution is -2.29. The summed E-state index contributed by atoms with van der Waals surface area (Å²) in [6.45, 7) is 3.85. The molecule has 3 aromatic rings. The number of alkyl halides is 3. The minimum Gasteiger partial charge on any atom is -0.411 e. The number of fused-ring (bicyclic) bond motifs is 5. The van der Waals surface area contributed by atoms with Crippen LogP contribution in [-0.2, 0) is 12.6 Å². The van der Waals surface area contributed by atoms with Crippen molar-refractivity contribution in [3.8, 4) is 0 Å². The average Bonchev–Trinajstić information content (AvgIpc) is 2.90. The molecule has 1 aromatic carbocycles. The molecule has 0 unspecified atom stereocenters. The number of oxime groups is 1. The lowest BCUT2D eigenvalue weighted by atomic mass is 9.74. The molecule has 2 N–H and O–H groups in total. The van der Waals surface area contributed by atoms with Crippen molar-refractivity contribution in [2.24, 2.45) is 10.6 Å². The molecule has 0 aliphatic heterocycles. The van der Waals surface area contributed by atoms with Gasteiger partial charge in [-0.3, -0.25) is 0 Å². The highest BCUT2D eigenvalue weighted by atomic mass is 19.4. The molecule has 4 nitrogen and oxygen atoms in total. The fraction of sp³-hybridized carbons (Fsp3) is 0.333. The summed E-state index contributed by atoms with van der Waals surface area (Å²) in [5, 5.41) is 14.0. The number of aromatic amines is 1. The third-order valence-corrected chi connectivity index (χ3v) is 4.70. The number of hydrogen-bond acceptors (Lipinski definition) is 3. The first kappa shape index (κ1) is 15.9. The van der Waals surface area contributed by atoms with Gasteiger partial charge in [0.1, 0.15) is 0 Å². The summed E-state index contributed by atoms with van der Waals surface area (Å²) in [7, 11) is 0. The molecule has 0 bridgehead atoms. The zero-order valence-corrected chi connectivity index (χ0v) is 13.7. The van der Waals surface area contributed by atoms with Gasteiger partial charge in [0.25, 0.3) is 0 Å². The number of nitrogens with one attached hydrogen (secondary N) is 1. The first-order valence-corrected chi connectivity index (χ1v) is 7.93. The molecule has 0 fully saturated rings. The predicted molar refractivity (Wildman–Crippen MR) is 89.0 cm³/mol. The summed E-state index contributed by atoms with van der Waals surface area (Å²) in [5.41, 5.74) is 0.503. The maximum Gasteiger partial charge on any atom is 0.435 e. The van der Waals surface area contributed by atoms with Crippen molar-refractivity contribution < 1.29 is 18.4 Å². The maximum atomic E-state index is 13.6. The van der Waals surface area contributed by atoms with Crippen LogP contribution in [0.25, 0.3) is 21.8 Å². The molecule has 1 aliphatic carbocycles. The van der Waals surface area contributed by atoms with E-state index in [0.717, 1.165) is 0 Å². The molecular weight excluding hydrogens is 331 g/mol. The monoisotopic (exact) mass is 347 g/mol. The molecular formula is C18H16F3N3O. The van der Waals surface area contributed by atoms with Crippen molar-refractivity contribution in [1.29, 1.82) is 0 Å². The largest absolute Gasteiger partial charge is 0.435 e. The van der Waals surface area contributed by atoms with Gasteiger partial charge in [-0.05, 0) is 24.3 Å². The molecule has 4 rings (SSSR count). The lowest BCUT2D eigenvalue weighted by molar-refractivity contribution is -0.140. The third kappa shape index (κ3) is 2.37. The number of para-hydroxylation sites is 1. The van der Waals surface area contributed by atoms with Gasteiger partial charge in [0.05, 0.1) is 16.9 Å². The quantitative estimate of drug-likeness (QED) is 0.449. The van der Waals surface area contributed by atoms with Gasteiger partial charge in [0.15, 0.2) is 5.69 Å². The van der Waals surface area contributed by atoms with E-state index in [1.165, 1.54) is 0 Å². The Morgan fingerprint density at radius 1 is 1.20 bits per heavy atom. The highest BCUT2D eigenvalue weighted by molar-refractivity contribution is 6.21. The third-order valence-electron chi connectivity index (χ3n) is 4.70. The van der Waals surface area contributed by atoms with Crippen LogP contribution in [0.15, 0.2) is 29.4 Å². The van der Waals surface area contributed by atoms with Gasteiger partial charge in [-0.2, -0.15) is 13.2 Å². The van der Waals surface area contributed by atoms with E-state index >= 15 is 0 Å². The van der Waals surface area contributed by atoms with Crippen molar-refractivity contribution in [1.82, 2.24) is 9.97 Å². The molecule has 1 aliphatic rings. The van der Waals surface area contributed by atoms with Gasteiger partial charge in [0, 0.05) is 21.9 Å². The van der Waals surface area contributed by atoms with E-state index in [9.17, 15) is 18.4 Å². The van der Waals surface area contributed by atoms with E-state index in [0.29, 0.717) is 46.1 Å². The highest BCUT2D eigenvalue weighted by Gasteiger charge is 2.40. The molecule has 2 heterocycles. The van der Waals surface area contributed by atoms with Gasteiger partial charge >= 0.3 is 6.18 Å². The molecule has 130 valence electrons. The van der Waals surface area contributed by atoms with Crippen LogP contribution in [-0.4, -0.2) is 20.9 Å². The van der Waals surface area contributed by atoms with Crippen LogP contribution < -0.4 is 0 Å². The van der Waals surface area contributed by atoms with Crippen LogP contribution in [0.2, 0.25) is 0 Å². The summed E-state index contributed by atoms with van der Waals surface area (Å²) >= 11 is 0. The second-order valence-corrected chi connectivity index (χ2v) is 7.26. The van der Waals surface area contributed by atoms with Crippen molar-refractivity contribution in [3.05, 3.63) is 41.2 Å². The van der Waals surface area contributed by atoms with E-state index < -0.39 is 11.9 Å². The van der Waals surface area contributed by atoms with Crippen LogP contribution in [0, 0.1) is 5.41 Å². The number of halogens is 3. The summed E-state index contributed by atoms with van der Waals surface area (Å²) in [6.07, 6.45) is -3.72. The topological polar surface area (TPSA) is 61.3 Å². The van der Waals surface area contributed by atoms with Crippen molar-refractivity contribution >= 4 is 27.5 Å². The molecule has 0 atom stereocenters. The van der Waals surface area contributed by atoms with Crippen molar-refractivity contribution in [3.63, 3.8) is 0 Å². The van der Waals surface area contributed by atoms with Crippen LogP contribution in [0.5, 0.6) is 0 Å². The number of H-pyrrole nitrogens is 1. The fourth-order valence-corrected chi connectivity index (χ4v) is 3.76. The minimum absolute atomic E-state index is 0.0618. The SMILES string of the molecule is CC1(C)CC(=NO)c2c(nc(C(F)(F)F)c3[nH]c4ccccc4c23)C1. The summed E-state index contributed by atoms with van der Waals surface area (Å²) in [5.74, 6) is 0. The molecule has 0 spiro atoms. The van der Waals surface area contributed by atoms with E-state index in [1.54, 1.807) is 24.3 Å². The number of benzene rings is 1. The molecule has 25 heavy (non-hydrogen) atoms. The summed E-state index contributed by atoms with van der Waals surface area (Å²) < 4.78 is 40.9. The Balaban J connectivity index is 2.22. The molecule has 0 amide bonds. The molecule has 0 radical (unpaired) electrons. The Labute approximate surface area is 141 Å². The average molecular weight is 347 g/mol. The van der Waals surface area contributed by atoms with E-state index in [1.807, 2.05) is 13.8 Å². The zero-order chi connectivity index (χ0) is 18.0. The number of pyridine rings is 1. The number of aromatic nitrogens is 2. The Hall–Kier alpha value is -2.57. The second-order valence-electron chi connectivity index (χ2n) is 7.26. The van der Waals surface area contributed by atoms with E-state index in [4.69, 9.17) is 0 Å². The molecule has 7 heteroatoms. The normalized spacial score (nSPS) is 18.8. The van der Waals surface area contributed by atoms with Crippen molar-refractivity contribution in [2.45, 2.75) is 32.9 Å². The summed E-state index contributed by atoms with van der Waals surface area (Å²) in [4.78, 5) is 6.80. The van der Waals surface area contributed by atoms with Gasteiger partial charge in [-0.25, -0.2) is 4.98 Å². The second kappa shape index (κ2) is 4.97. The standard InChI is InChI=1S/C18H16F3N3O/c1-17(2)7-11-14(12(8-17)24-25)13-9-5-3-4-6-10(9)22-15(13)16(23-11)18(19,20)21/h3-6,22,25H,7-8H2,1-2H3. The van der Waals surface area contributed by atoms with Crippen LogP contribution >= 0.6 is 0 Å². The molecule has 0 saturated carbocycles. The van der Waals surface area contributed by atoms with E-state index in [2.05, 4.69) is 15.1 Å². The predicted octanol–water partition coefficient (Wildman–Crippen LogP) is 4.89. The fourth-order valence-electron chi connectivity index (χ4n) is 3.76. The Bertz CT molecular complexity index is 1030. The van der Waals surface area contributed by atoms with Gasteiger partial charge in [0.2, 0.25) is 0 Å². The lowest BCUT2D eigenvalue weighted by Gasteiger charge is -2.31. The maximum absolute atomic E-state index is 13.6. The van der Waals surface area contributed by atoms with Gasteiger partial charge in [-0.1, -0.05) is 37.2 Å². The smallest absolute Gasteiger partial charge is 0.411 e. The van der Waals surface area contributed by atoms with Gasteiger partial charge in [-0.15, -0.1) is 0 Å². The summed E-state index contributed by atoms with van der Waals surface area (Å²) in [6, 6.07) is 7.03. The molecule has 0 saturated heterocycles. The minimum atomic E-state index is -4.58. The van der Waals surface area contributed by atoms with Crippen LogP contribution in [0.1, 0.15) is 37.2 Å². The van der Waals surface area contributed by atoms with E-state index in [-0.39, 0.29) is 10.9 Å². The Morgan fingerprint density at radius 3 is 2.60 bits per heavy atom. The van der Waals surface area contributed by atoms with Crippen LogP contribution in [0.4, 0.5) is 13.2 Å². The first-order valence-electron chi connectivity index (χ1n) is 7.93. The highest BCUT2D eigenvalue weighted by Crippen LogP contribution is 2.43. The van der Waals surface area contributed by atoms with Gasteiger partial charge < -0.3 is 10.2 Å². The number of rotatable bonds is 0. The van der Waals surface area contributed by atoms with Crippen LogP contribution in [0.3, 0.4) is 0 Å². The Kier molecular flexibility index (Phi) is 3.17.